The van der Waals surface area contributed by atoms with Crippen LogP contribution in [0, 0.1) is 5.92 Å². The predicted molar refractivity (Wildman–Crippen MR) is 73.7 cm³/mol. The molecule has 1 saturated carbocycles. The van der Waals surface area contributed by atoms with Crippen LogP contribution < -0.4 is 11.1 Å². The molecule has 2 rings (SSSR count). The van der Waals surface area contributed by atoms with Crippen LogP contribution in [-0.4, -0.2) is 48.3 Å². The van der Waals surface area contributed by atoms with E-state index in [1.165, 1.54) is 4.90 Å². The van der Waals surface area contributed by atoms with Crippen LogP contribution in [-0.2, 0) is 9.59 Å². The molecule has 1 heterocycles. The molecule has 1 aliphatic carbocycles. The monoisotopic (exact) mass is 303 g/mol. The Kier molecular flexibility index (Phi) is 5.13. The van der Waals surface area contributed by atoms with Gasteiger partial charge in [-0.25, -0.2) is 8.78 Å². The summed E-state index contributed by atoms with van der Waals surface area (Å²) in [6, 6.07) is 0.0679. The molecular weight excluding hydrogens is 280 g/mol. The van der Waals surface area contributed by atoms with Gasteiger partial charge in [-0.2, -0.15) is 0 Å². The van der Waals surface area contributed by atoms with Gasteiger partial charge in [-0.3, -0.25) is 9.59 Å². The fraction of sp³-hybridized carbons (Fsp3) is 0.857. The highest BCUT2D eigenvalue weighted by molar-refractivity contribution is 5.77. The first-order valence-corrected chi connectivity index (χ1v) is 7.55. The van der Waals surface area contributed by atoms with Crippen LogP contribution in [0.2, 0.25) is 0 Å². The second-order valence-electron chi connectivity index (χ2n) is 6.12. The topological polar surface area (TPSA) is 75.4 Å². The molecule has 0 spiro atoms. The van der Waals surface area contributed by atoms with Gasteiger partial charge in [0, 0.05) is 25.4 Å². The molecule has 0 bridgehead atoms. The van der Waals surface area contributed by atoms with Gasteiger partial charge in [0.2, 0.25) is 11.8 Å². The van der Waals surface area contributed by atoms with Crippen molar-refractivity contribution in [1.82, 2.24) is 10.2 Å². The molecule has 0 aromatic rings. The third-order valence-corrected chi connectivity index (χ3v) is 4.41. The SMILES string of the molecule is NC(=O)CN[C@H]1CCCC[C@H]1CC(=O)N1CCC(F)(F)C1. The Labute approximate surface area is 123 Å². The minimum absolute atomic E-state index is 0.0679. The van der Waals surface area contributed by atoms with Gasteiger partial charge in [0.25, 0.3) is 5.92 Å². The quantitative estimate of drug-likeness (QED) is 0.791. The summed E-state index contributed by atoms with van der Waals surface area (Å²) >= 11 is 0. The standard InChI is InChI=1S/C14H23F2N3O2/c15-14(16)5-6-19(9-14)13(21)7-10-3-1-2-4-11(10)18-8-12(17)20/h10-11,18H,1-9H2,(H2,17,20)/t10-,11-/m0/s1. The molecule has 0 aromatic carbocycles. The van der Waals surface area contributed by atoms with E-state index in [-0.39, 0.29) is 43.8 Å². The fourth-order valence-corrected chi connectivity index (χ4v) is 3.25. The molecule has 1 aliphatic heterocycles. The average Bonchev–Trinajstić information content (AvgIpc) is 2.78. The van der Waals surface area contributed by atoms with Crippen molar-refractivity contribution in [3.63, 3.8) is 0 Å². The summed E-state index contributed by atoms with van der Waals surface area (Å²) in [5.41, 5.74) is 5.13. The van der Waals surface area contributed by atoms with Crippen LogP contribution in [0.5, 0.6) is 0 Å². The number of nitrogens with one attached hydrogen (secondary N) is 1. The predicted octanol–water partition coefficient (Wildman–Crippen LogP) is 0.878. The normalized spacial score (nSPS) is 28.6. The van der Waals surface area contributed by atoms with Crippen LogP contribution in [0.1, 0.15) is 38.5 Å². The molecular formula is C14H23F2N3O2. The summed E-state index contributed by atoms with van der Waals surface area (Å²) in [4.78, 5) is 24.3. The van der Waals surface area contributed by atoms with Gasteiger partial charge in [0.15, 0.2) is 0 Å². The number of rotatable bonds is 5. The minimum Gasteiger partial charge on any atom is -0.369 e. The van der Waals surface area contributed by atoms with E-state index >= 15 is 0 Å². The smallest absolute Gasteiger partial charge is 0.267 e. The van der Waals surface area contributed by atoms with Crippen molar-refractivity contribution in [2.45, 2.75) is 50.5 Å². The van der Waals surface area contributed by atoms with Gasteiger partial charge >= 0.3 is 0 Å². The number of carbonyl (C=O) groups is 2. The number of amides is 2. The van der Waals surface area contributed by atoms with Crippen molar-refractivity contribution in [2.24, 2.45) is 11.7 Å². The van der Waals surface area contributed by atoms with E-state index in [1.54, 1.807) is 0 Å². The van der Waals surface area contributed by atoms with Crippen molar-refractivity contribution in [2.75, 3.05) is 19.6 Å². The maximum Gasteiger partial charge on any atom is 0.267 e. The summed E-state index contributed by atoms with van der Waals surface area (Å²) in [7, 11) is 0. The zero-order chi connectivity index (χ0) is 15.5. The number of halogens is 2. The van der Waals surface area contributed by atoms with Gasteiger partial charge in [0.05, 0.1) is 13.1 Å². The second-order valence-corrected chi connectivity index (χ2v) is 6.12. The molecule has 3 N–H and O–H groups in total. The third-order valence-electron chi connectivity index (χ3n) is 4.41. The lowest BCUT2D eigenvalue weighted by Gasteiger charge is -2.32. The lowest BCUT2D eigenvalue weighted by molar-refractivity contribution is -0.133. The Morgan fingerprint density at radius 2 is 2.00 bits per heavy atom. The van der Waals surface area contributed by atoms with E-state index in [1.807, 2.05) is 0 Å². The fourth-order valence-electron chi connectivity index (χ4n) is 3.25. The van der Waals surface area contributed by atoms with E-state index in [2.05, 4.69) is 5.32 Å². The van der Waals surface area contributed by atoms with Gasteiger partial charge in [-0.1, -0.05) is 12.8 Å². The second kappa shape index (κ2) is 6.68. The van der Waals surface area contributed by atoms with Crippen molar-refractivity contribution >= 4 is 11.8 Å². The highest BCUT2D eigenvalue weighted by Crippen LogP contribution is 2.31. The molecule has 5 nitrogen and oxygen atoms in total. The van der Waals surface area contributed by atoms with Crippen molar-refractivity contribution < 1.29 is 18.4 Å². The largest absolute Gasteiger partial charge is 0.369 e. The number of likely N-dealkylation sites (tertiary alicyclic amines) is 1. The van der Waals surface area contributed by atoms with E-state index in [4.69, 9.17) is 5.73 Å². The first-order valence-electron chi connectivity index (χ1n) is 7.55. The zero-order valence-corrected chi connectivity index (χ0v) is 12.1. The van der Waals surface area contributed by atoms with Crippen molar-refractivity contribution in [3.05, 3.63) is 0 Å². The summed E-state index contributed by atoms with van der Waals surface area (Å²) < 4.78 is 26.3. The molecule has 2 aliphatic rings. The molecule has 0 aromatic heterocycles. The Bertz CT molecular complexity index is 404. The van der Waals surface area contributed by atoms with E-state index in [9.17, 15) is 18.4 Å². The van der Waals surface area contributed by atoms with Crippen molar-refractivity contribution in [3.8, 4) is 0 Å². The Balaban J connectivity index is 1.86. The molecule has 2 atom stereocenters. The van der Waals surface area contributed by atoms with Gasteiger partial charge in [0.1, 0.15) is 0 Å². The number of alkyl halides is 2. The Morgan fingerprint density at radius 3 is 2.62 bits per heavy atom. The first kappa shape index (κ1) is 16.1. The zero-order valence-electron chi connectivity index (χ0n) is 12.1. The summed E-state index contributed by atoms with van der Waals surface area (Å²) in [6.45, 7) is -0.229. The Hall–Kier alpha value is -1.24. The highest BCUT2D eigenvalue weighted by Gasteiger charge is 2.41. The molecule has 2 fully saturated rings. The molecule has 1 saturated heterocycles. The summed E-state index contributed by atoms with van der Waals surface area (Å²) in [6.07, 6.45) is 3.87. The number of carbonyl (C=O) groups excluding carboxylic acids is 2. The van der Waals surface area contributed by atoms with Crippen LogP contribution in [0.4, 0.5) is 8.78 Å². The summed E-state index contributed by atoms with van der Waals surface area (Å²) in [5.74, 6) is -3.28. The maximum absolute atomic E-state index is 13.2. The molecule has 0 unspecified atom stereocenters. The number of primary amides is 1. The average molecular weight is 303 g/mol. The van der Waals surface area contributed by atoms with Gasteiger partial charge in [-0.05, 0) is 18.8 Å². The van der Waals surface area contributed by atoms with Gasteiger partial charge < -0.3 is 16.0 Å². The van der Waals surface area contributed by atoms with Crippen LogP contribution in [0.3, 0.4) is 0 Å². The number of nitrogens with two attached hydrogens (primary N) is 1. The number of hydrogen-bond acceptors (Lipinski definition) is 3. The van der Waals surface area contributed by atoms with Crippen LogP contribution in [0.25, 0.3) is 0 Å². The molecule has 0 radical (unpaired) electrons. The van der Waals surface area contributed by atoms with Crippen molar-refractivity contribution in [1.29, 1.82) is 0 Å². The molecule has 7 heteroatoms. The van der Waals surface area contributed by atoms with E-state index in [0.29, 0.717) is 0 Å². The van der Waals surface area contributed by atoms with E-state index < -0.39 is 18.4 Å². The highest BCUT2D eigenvalue weighted by atomic mass is 19.3. The maximum atomic E-state index is 13.2. The molecule has 120 valence electrons. The number of hydrogen-bond donors (Lipinski definition) is 2. The minimum atomic E-state index is -2.74. The summed E-state index contributed by atoms with van der Waals surface area (Å²) in [5, 5.41) is 3.09. The van der Waals surface area contributed by atoms with Crippen LogP contribution >= 0.6 is 0 Å². The van der Waals surface area contributed by atoms with Crippen LogP contribution in [0.15, 0.2) is 0 Å². The lowest BCUT2D eigenvalue weighted by Crippen LogP contribution is -2.44. The number of nitrogens with zero attached hydrogens (tertiary/aromatic N) is 1. The lowest BCUT2D eigenvalue weighted by atomic mass is 9.82. The van der Waals surface area contributed by atoms with E-state index in [0.717, 1.165) is 25.7 Å². The Morgan fingerprint density at radius 1 is 1.29 bits per heavy atom. The molecule has 2 amide bonds. The molecule has 21 heavy (non-hydrogen) atoms. The first-order chi connectivity index (χ1) is 9.87. The van der Waals surface area contributed by atoms with Gasteiger partial charge in [-0.15, -0.1) is 0 Å². The third kappa shape index (κ3) is 4.62.